The van der Waals surface area contributed by atoms with E-state index in [1.54, 1.807) is 0 Å². The van der Waals surface area contributed by atoms with E-state index in [-0.39, 0.29) is 5.92 Å². The molecule has 0 radical (unpaired) electrons. The first kappa shape index (κ1) is 17.5. The molecule has 3 rings (SSSR count). The second-order valence-corrected chi connectivity index (χ2v) is 6.67. The molecule has 0 unspecified atom stereocenters. The zero-order valence-corrected chi connectivity index (χ0v) is 14.8. The number of carboxylic acid groups (broad SMARTS) is 1. The Balaban J connectivity index is 1.66. The summed E-state index contributed by atoms with van der Waals surface area (Å²) in [7, 11) is 0. The summed E-state index contributed by atoms with van der Waals surface area (Å²) in [4.78, 5) is 22.2. The normalized spacial score (nSPS) is 15.2. The zero-order valence-electron chi connectivity index (χ0n) is 14.1. The smallest absolute Gasteiger partial charge is 0.306 e. The number of benzene rings is 1. The SMILES string of the molecule is Cc1nc(NCc2ccc(Cl)cc2)cc(N2CCC(C(=O)O)CC2)n1. The zero-order chi connectivity index (χ0) is 17.8. The first-order valence-electron chi connectivity index (χ1n) is 8.33. The van der Waals surface area contributed by atoms with Crippen LogP contribution in [-0.4, -0.2) is 34.1 Å². The van der Waals surface area contributed by atoms with Gasteiger partial charge in [-0.1, -0.05) is 23.7 Å². The number of carboxylic acids is 1. The Bertz CT molecular complexity index is 743. The minimum atomic E-state index is -0.705. The van der Waals surface area contributed by atoms with Crippen molar-refractivity contribution in [1.82, 2.24) is 9.97 Å². The van der Waals surface area contributed by atoms with Crippen molar-refractivity contribution < 1.29 is 9.90 Å². The van der Waals surface area contributed by atoms with Crippen LogP contribution in [0.25, 0.3) is 0 Å². The molecule has 1 fully saturated rings. The van der Waals surface area contributed by atoms with E-state index < -0.39 is 5.97 Å². The predicted octanol–water partition coefficient (Wildman–Crippen LogP) is 3.35. The number of aryl methyl sites for hydroxylation is 1. The Morgan fingerprint density at radius 1 is 1.28 bits per heavy atom. The molecular weight excluding hydrogens is 340 g/mol. The van der Waals surface area contributed by atoms with Crippen LogP contribution in [0.15, 0.2) is 30.3 Å². The van der Waals surface area contributed by atoms with Crippen LogP contribution in [0.2, 0.25) is 5.02 Å². The van der Waals surface area contributed by atoms with E-state index in [4.69, 9.17) is 16.7 Å². The summed E-state index contributed by atoms with van der Waals surface area (Å²) in [5.41, 5.74) is 1.12. The molecule has 0 spiro atoms. The number of nitrogens with one attached hydrogen (secondary N) is 1. The van der Waals surface area contributed by atoms with Crippen LogP contribution in [0.3, 0.4) is 0 Å². The molecule has 1 saturated heterocycles. The minimum Gasteiger partial charge on any atom is -0.481 e. The summed E-state index contributed by atoms with van der Waals surface area (Å²) in [6.07, 6.45) is 1.29. The fraction of sp³-hybridized carbons (Fsp3) is 0.389. The molecule has 0 bridgehead atoms. The van der Waals surface area contributed by atoms with Gasteiger partial charge in [0, 0.05) is 30.7 Å². The average molecular weight is 361 g/mol. The standard InChI is InChI=1S/C18H21ClN4O2/c1-12-21-16(20-11-13-2-4-15(19)5-3-13)10-17(22-12)23-8-6-14(7-9-23)18(24)25/h2-5,10,14H,6-9,11H2,1H3,(H,24,25)(H,20,21,22). The van der Waals surface area contributed by atoms with Gasteiger partial charge < -0.3 is 15.3 Å². The minimum absolute atomic E-state index is 0.248. The highest BCUT2D eigenvalue weighted by molar-refractivity contribution is 6.30. The van der Waals surface area contributed by atoms with Crippen LogP contribution in [0.5, 0.6) is 0 Å². The second-order valence-electron chi connectivity index (χ2n) is 6.24. The summed E-state index contributed by atoms with van der Waals surface area (Å²) in [6.45, 7) is 3.91. The van der Waals surface area contributed by atoms with Crippen LogP contribution in [-0.2, 0) is 11.3 Å². The molecule has 2 heterocycles. The monoisotopic (exact) mass is 360 g/mol. The third kappa shape index (κ3) is 4.60. The van der Waals surface area contributed by atoms with E-state index in [0.29, 0.717) is 43.3 Å². The molecule has 1 aromatic heterocycles. The molecule has 2 aromatic rings. The molecule has 0 atom stereocenters. The van der Waals surface area contributed by atoms with Crippen LogP contribution in [0, 0.1) is 12.8 Å². The Hall–Kier alpha value is -2.34. The van der Waals surface area contributed by atoms with Crippen molar-refractivity contribution >= 4 is 29.2 Å². The fourth-order valence-corrected chi connectivity index (χ4v) is 3.08. The molecule has 0 saturated carbocycles. The number of anilines is 2. The van der Waals surface area contributed by atoms with Crippen molar-refractivity contribution in [1.29, 1.82) is 0 Å². The van der Waals surface area contributed by atoms with Gasteiger partial charge in [-0.25, -0.2) is 9.97 Å². The average Bonchev–Trinajstić information content (AvgIpc) is 2.61. The van der Waals surface area contributed by atoms with Crippen LogP contribution in [0.1, 0.15) is 24.2 Å². The number of hydrogen-bond donors (Lipinski definition) is 2. The number of hydrogen-bond acceptors (Lipinski definition) is 5. The molecule has 1 aliphatic heterocycles. The third-order valence-electron chi connectivity index (χ3n) is 4.38. The van der Waals surface area contributed by atoms with Gasteiger partial charge in [-0.05, 0) is 37.5 Å². The van der Waals surface area contributed by atoms with Crippen LogP contribution < -0.4 is 10.2 Å². The molecule has 0 aliphatic carbocycles. The van der Waals surface area contributed by atoms with Crippen molar-refractivity contribution in [3.63, 3.8) is 0 Å². The van der Waals surface area contributed by atoms with Crippen LogP contribution in [0.4, 0.5) is 11.6 Å². The van der Waals surface area contributed by atoms with Gasteiger partial charge in [-0.3, -0.25) is 4.79 Å². The number of halogens is 1. The molecule has 6 nitrogen and oxygen atoms in total. The van der Waals surface area contributed by atoms with E-state index in [1.807, 2.05) is 37.3 Å². The van der Waals surface area contributed by atoms with Crippen molar-refractivity contribution in [2.24, 2.45) is 5.92 Å². The fourth-order valence-electron chi connectivity index (χ4n) is 2.95. The second kappa shape index (κ2) is 7.70. The Labute approximate surface area is 151 Å². The first-order chi connectivity index (χ1) is 12.0. The van der Waals surface area contributed by atoms with Gasteiger partial charge in [0.2, 0.25) is 0 Å². The van der Waals surface area contributed by atoms with Gasteiger partial charge in [0.1, 0.15) is 17.5 Å². The molecule has 7 heteroatoms. The lowest BCUT2D eigenvalue weighted by molar-refractivity contribution is -0.142. The molecule has 25 heavy (non-hydrogen) atoms. The lowest BCUT2D eigenvalue weighted by Crippen LogP contribution is -2.36. The van der Waals surface area contributed by atoms with Crippen molar-refractivity contribution in [2.45, 2.75) is 26.3 Å². The molecule has 132 valence electrons. The van der Waals surface area contributed by atoms with Gasteiger partial charge in [0.25, 0.3) is 0 Å². The van der Waals surface area contributed by atoms with Crippen molar-refractivity contribution in [3.8, 4) is 0 Å². The van der Waals surface area contributed by atoms with E-state index in [9.17, 15) is 4.79 Å². The number of aliphatic carboxylic acids is 1. The lowest BCUT2D eigenvalue weighted by Gasteiger charge is -2.31. The Kier molecular flexibility index (Phi) is 5.38. The van der Waals surface area contributed by atoms with Crippen molar-refractivity contribution in [3.05, 3.63) is 46.7 Å². The molecule has 0 amide bonds. The van der Waals surface area contributed by atoms with Gasteiger partial charge in [0.15, 0.2) is 0 Å². The van der Waals surface area contributed by atoms with E-state index in [0.717, 1.165) is 17.2 Å². The molecular formula is C18H21ClN4O2. The largest absolute Gasteiger partial charge is 0.481 e. The highest BCUT2D eigenvalue weighted by atomic mass is 35.5. The Morgan fingerprint density at radius 3 is 2.60 bits per heavy atom. The topological polar surface area (TPSA) is 78.4 Å². The summed E-state index contributed by atoms with van der Waals surface area (Å²) in [6, 6.07) is 9.59. The van der Waals surface area contributed by atoms with Gasteiger partial charge in [-0.15, -0.1) is 0 Å². The lowest BCUT2D eigenvalue weighted by atomic mass is 9.97. The quantitative estimate of drug-likeness (QED) is 0.851. The highest BCUT2D eigenvalue weighted by Gasteiger charge is 2.25. The van der Waals surface area contributed by atoms with Gasteiger partial charge >= 0.3 is 5.97 Å². The maximum Gasteiger partial charge on any atom is 0.306 e. The molecule has 1 aromatic carbocycles. The summed E-state index contributed by atoms with van der Waals surface area (Å²) >= 11 is 5.90. The third-order valence-corrected chi connectivity index (χ3v) is 4.63. The number of rotatable bonds is 5. The summed E-state index contributed by atoms with van der Waals surface area (Å²) in [5, 5.41) is 13.1. The Morgan fingerprint density at radius 2 is 1.96 bits per heavy atom. The van der Waals surface area contributed by atoms with Gasteiger partial charge in [0.05, 0.1) is 5.92 Å². The van der Waals surface area contributed by atoms with Gasteiger partial charge in [-0.2, -0.15) is 0 Å². The maximum atomic E-state index is 11.1. The van der Waals surface area contributed by atoms with Crippen molar-refractivity contribution in [2.75, 3.05) is 23.3 Å². The van der Waals surface area contributed by atoms with E-state index in [2.05, 4.69) is 20.2 Å². The maximum absolute atomic E-state index is 11.1. The molecule has 2 N–H and O–H groups in total. The number of carbonyl (C=O) groups is 1. The van der Waals surface area contributed by atoms with E-state index in [1.165, 1.54) is 0 Å². The first-order valence-corrected chi connectivity index (χ1v) is 8.71. The molecule has 1 aliphatic rings. The number of aromatic nitrogens is 2. The van der Waals surface area contributed by atoms with Crippen LogP contribution >= 0.6 is 11.6 Å². The number of nitrogens with zero attached hydrogens (tertiary/aromatic N) is 3. The number of piperidine rings is 1. The summed E-state index contributed by atoms with van der Waals surface area (Å²) < 4.78 is 0. The summed E-state index contributed by atoms with van der Waals surface area (Å²) in [5.74, 6) is 1.34. The van der Waals surface area contributed by atoms with E-state index >= 15 is 0 Å². The highest BCUT2D eigenvalue weighted by Crippen LogP contribution is 2.24. The predicted molar refractivity (Wildman–Crippen MR) is 98.1 cm³/mol.